The van der Waals surface area contributed by atoms with Crippen LogP contribution in [0.5, 0.6) is 0 Å². The highest BCUT2D eigenvalue weighted by Gasteiger charge is 2.19. The van der Waals surface area contributed by atoms with E-state index in [9.17, 15) is 0 Å². The number of nitrogens with zero attached hydrogens (tertiary/aromatic N) is 3. The van der Waals surface area contributed by atoms with Crippen molar-refractivity contribution in [3.63, 3.8) is 0 Å². The van der Waals surface area contributed by atoms with Gasteiger partial charge < -0.3 is 8.94 Å². The minimum atomic E-state index is 0.112. The monoisotopic (exact) mass is 339 g/mol. The van der Waals surface area contributed by atoms with Gasteiger partial charge in [-0.05, 0) is 37.6 Å². The summed E-state index contributed by atoms with van der Waals surface area (Å²) in [6.07, 6.45) is 0. The summed E-state index contributed by atoms with van der Waals surface area (Å²) in [5, 5.41) is 7.19. The molecule has 0 saturated carbocycles. The summed E-state index contributed by atoms with van der Waals surface area (Å²) < 4.78 is 11.3. The minimum absolute atomic E-state index is 0.112. The Kier molecular flexibility index (Phi) is 3.92. The zero-order chi connectivity index (χ0) is 16.5. The molecule has 0 bridgehead atoms. The van der Waals surface area contributed by atoms with E-state index in [0.717, 1.165) is 21.6 Å². The zero-order valence-corrected chi connectivity index (χ0v) is 14.3. The van der Waals surface area contributed by atoms with Gasteiger partial charge in [0.05, 0.1) is 17.5 Å². The first kappa shape index (κ1) is 15.1. The average Bonchev–Trinajstić information content (AvgIpc) is 3.32. The van der Waals surface area contributed by atoms with Gasteiger partial charge in [-0.15, -0.1) is 11.3 Å². The fourth-order valence-electron chi connectivity index (χ4n) is 2.60. The van der Waals surface area contributed by atoms with Crippen LogP contribution in [0.15, 0.2) is 56.8 Å². The molecular weight excluding hydrogens is 322 g/mol. The maximum atomic E-state index is 5.95. The Balaban J connectivity index is 1.50. The summed E-state index contributed by atoms with van der Waals surface area (Å²) >= 11 is 1.59. The van der Waals surface area contributed by atoms with Crippen molar-refractivity contribution in [1.82, 2.24) is 15.0 Å². The molecule has 0 aliphatic carbocycles. The molecule has 5 nitrogen and oxygen atoms in total. The third kappa shape index (κ3) is 2.86. The Morgan fingerprint density at radius 2 is 2.08 bits per heavy atom. The number of furan rings is 1. The number of hydrogen-bond donors (Lipinski definition) is 0. The SMILES string of the molecule is C[C@@H](c1cc2ccccc2o1)N(C)Cc1noc(-c2cccs2)n1. The molecule has 6 heteroatoms. The highest BCUT2D eigenvalue weighted by Crippen LogP contribution is 2.28. The molecule has 24 heavy (non-hydrogen) atoms. The van der Waals surface area contributed by atoms with Crippen molar-refractivity contribution in [3.8, 4) is 10.8 Å². The molecule has 122 valence electrons. The maximum Gasteiger partial charge on any atom is 0.268 e. The van der Waals surface area contributed by atoms with Crippen molar-refractivity contribution in [3.05, 3.63) is 59.4 Å². The van der Waals surface area contributed by atoms with E-state index in [-0.39, 0.29) is 6.04 Å². The molecule has 0 saturated heterocycles. The molecule has 0 aliphatic rings. The van der Waals surface area contributed by atoms with Gasteiger partial charge in [0.15, 0.2) is 5.82 Å². The van der Waals surface area contributed by atoms with E-state index in [1.807, 2.05) is 42.8 Å². The van der Waals surface area contributed by atoms with Crippen LogP contribution in [0.1, 0.15) is 24.6 Å². The van der Waals surface area contributed by atoms with Gasteiger partial charge in [0, 0.05) is 5.39 Å². The van der Waals surface area contributed by atoms with Gasteiger partial charge in [-0.25, -0.2) is 0 Å². The standard InChI is InChI=1S/C18H17N3O2S/c1-12(15-10-13-6-3-4-7-14(13)22-15)21(2)11-17-19-18(23-20-17)16-8-5-9-24-16/h3-10,12H,11H2,1-2H3/t12-/m0/s1. The Morgan fingerprint density at radius 1 is 1.21 bits per heavy atom. The fourth-order valence-corrected chi connectivity index (χ4v) is 3.25. The predicted octanol–water partition coefficient (Wildman–Crippen LogP) is 4.74. The van der Waals surface area contributed by atoms with Crippen molar-refractivity contribution >= 4 is 22.3 Å². The van der Waals surface area contributed by atoms with E-state index in [2.05, 4.69) is 34.1 Å². The van der Waals surface area contributed by atoms with E-state index in [1.54, 1.807) is 11.3 Å². The second-order valence-electron chi connectivity index (χ2n) is 5.77. The van der Waals surface area contributed by atoms with E-state index < -0.39 is 0 Å². The van der Waals surface area contributed by atoms with Crippen LogP contribution >= 0.6 is 11.3 Å². The molecule has 0 unspecified atom stereocenters. The van der Waals surface area contributed by atoms with Crippen molar-refractivity contribution in [2.24, 2.45) is 0 Å². The first-order valence-electron chi connectivity index (χ1n) is 7.76. The lowest BCUT2D eigenvalue weighted by molar-refractivity contribution is 0.218. The first-order chi connectivity index (χ1) is 11.7. The Morgan fingerprint density at radius 3 is 2.88 bits per heavy atom. The highest BCUT2D eigenvalue weighted by molar-refractivity contribution is 7.13. The lowest BCUT2D eigenvalue weighted by Gasteiger charge is -2.20. The number of hydrogen-bond acceptors (Lipinski definition) is 6. The maximum absolute atomic E-state index is 5.95. The molecule has 1 atom stereocenters. The summed E-state index contributed by atoms with van der Waals surface area (Å²) in [7, 11) is 2.03. The number of rotatable bonds is 5. The van der Waals surface area contributed by atoms with Crippen LogP contribution in [0.2, 0.25) is 0 Å². The molecule has 1 aromatic carbocycles. The fraction of sp³-hybridized carbons (Fsp3) is 0.222. The second-order valence-corrected chi connectivity index (χ2v) is 6.72. The average molecular weight is 339 g/mol. The van der Waals surface area contributed by atoms with Crippen LogP contribution in [-0.4, -0.2) is 22.1 Å². The van der Waals surface area contributed by atoms with E-state index in [1.165, 1.54) is 0 Å². The van der Waals surface area contributed by atoms with Crippen LogP contribution in [0.4, 0.5) is 0 Å². The normalized spacial score (nSPS) is 13.0. The zero-order valence-electron chi connectivity index (χ0n) is 13.5. The van der Waals surface area contributed by atoms with Gasteiger partial charge in [0.2, 0.25) is 0 Å². The highest BCUT2D eigenvalue weighted by atomic mass is 32.1. The molecule has 4 rings (SSSR count). The van der Waals surface area contributed by atoms with E-state index >= 15 is 0 Å². The number of benzene rings is 1. The number of fused-ring (bicyclic) bond motifs is 1. The Labute approximate surface area is 143 Å². The lowest BCUT2D eigenvalue weighted by Crippen LogP contribution is -2.22. The molecule has 3 aromatic heterocycles. The Hall–Kier alpha value is -2.44. The molecule has 4 aromatic rings. The molecule has 0 radical (unpaired) electrons. The van der Waals surface area contributed by atoms with Crippen molar-refractivity contribution in [1.29, 1.82) is 0 Å². The molecule has 0 amide bonds. The van der Waals surface area contributed by atoms with Gasteiger partial charge in [-0.3, -0.25) is 4.90 Å². The number of aromatic nitrogens is 2. The van der Waals surface area contributed by atoms with Crippen LogP contribution in [0.25, 0.3) is 21.7 Å². The molecule has 0 aliphatic heterocycles. The van der Waals surface area contributed by atoms with Crippen molar-refractivity contribution in [2.75, 3.05) is 7.05 Å². The topological polar surface area (TPSA) is 55.3 Å². The molecule has 0 N–H and O–H groups in total. The van der Waals surface area contributed by atoms with Crippen LogP contribution in [0.3, 0.4) is 0 Å². The largest absolute Gasteiger partial charge is 0.459 e. The van der Waals surface area contributed by atoms with Crippen molar-refractivity contribution < 1.29 is 8.94 Å². The molecular formula is C18H17N3O2S. The summed E-state index contributed by atoms with van der Waals surface area (Å²) in [4.78, 5) is 7.60. The number of para-hydroxylation sites is 1. The molecule has 3 heterocycles. The first-order valence-corrected chi connectivity index (χ1v) is 8.64. The van der Waals surface area contributed by atoms with Crippen LogP contribution in [-0.2, 0) is 6.54 Å². The predicted molar refractivity (Wildman–Crippen MR) is 93.7 cm³/mol. The van der Waals surface area contributed by atoms with E-state index in [0.29, 0.717) is 18.3 Å². The summed E-state index contributed by atoms with van der Waals surface area (Å²) in [5.74, 6) is 2.18. The third-order valence-corrected chi connectivity index (χ3v) is 4.97. The lowest BCUT2D eigenvalue weighted by atomic mass is 10.2. The Bertz CT molecular complexity index is 909. The third-order valence-electron chi connectivity index (χ3n) is 4.11. The van der Waals surface area contributed by atoms with Gasteiger partial charge in [-0.1, -0.05) is 29.4 Å². The summed E-state index contributed by atoms with van der Waals surface area (Å²) in [6.45, 7) is 2.70. The van der Waals surface area contributed by atoms with Gasteiger partial charge >= 0.3 is 0 Å². The van der Waals surface area contributed by atoms with Gasteiger partial charge in [0.1, 0.15) is 11.3 Å². The summed E-state index contributed by atoms with van der Waals surface area (Å²) in [5.41, 5.74) is 0.910. The van der Waals surface area contributed by atoms with Crippen LogP contribution in [0, 0.1) is 0 Å². The van der Waals surface area contributed by atoms with Crippen molar-refractivity contribution in [2.45, 2.75) is 19.5 Å². The van der Waals surface area contributed by atoms with Gasteiger partial charge in [-0.2, -0.15) is 4.98 Å². The number of thiophene rings is 1. The molecule has 0 fully saturated rings. The molecule has 0 spiro atoms. The summed E-state index contributed by atoms with van der Waals surface area (Å²) in [6, 6.07) is 14.2. The smallest absolute Gasteiger partial charge is 0.268 e. The minimum Gasteiger partial charge on any atom is -0.459 e. The van der Waals surface area contributed by atoms with E-state index in [4.69, 9.17) is 8.94 Å². The second kappa shape index (κ2) is 6.22. The van der Waals surface area contributed by atoms with Crippen LogP contribution < -0.4 is 0 Å². The quantitative estimate of drug-likeness (QED) is 0.526. The van der Waals surface area contributed by atoms with Gasteiger partial charge in [0.25, 0.3) is 5.89 Å².